The van der Waals surface area contributed by atoms with E-state index in [1.165, 1.54) is 6.07 Å². The van der Waals surface area contributed by atoms with Crippen molar-refractivity contribution in [3.63, 3.8) is 0 Å². The molecular formula is C11H11BrClF2NO2. The highest BCUT2D eigenvalue weighted by atomic mass is 79.9. The van der Waals surface area contributed by atoms with E-state index in [1.54, 1.807) is 6.92 Å². The van der Waals surface area contributed by atoms with Crippen LogP contribution in [0.2, 0.25) is 0 Å². The topological polar surface area (TPSA) is 39.2 Å². The summed E-state index contributed by atoms with van der Waals surface area (Å²) in [5, 5.41) is 0. The Labute approximate surface area is 117 Å². The monoisotopic (exact) mass is 341 g/mol. The number of halogens is 4. The van der Waals surface area contributed by atoms with E-state index in [9.17, 15) is 13.6 Å². The molecule has 0 atom stereocenters. The Kier molecular flexibility index (Phi) is 5.95. The number of hydrogen-bond donors (Lipinski definition) is 0. The zero-order valence-electron chi connectivity index (χ0n) is 9.55. The van der Waals surface area contributed by atoms with Crippen LogP contribution < -0.4 is 0 Å². The maximum Gasteiger partial charge on any atom is 0.311 e. The van der Waals surface area contributed by atoms with Crippen molar-refractivity contribution in [3.05, 3.63) is 27.5 Å². The second-order valence-corrected chi connectivity index (χ2v) is 4.41. The van der Waals surface area contributed by atoms with E-state index >= 15 is 0 Å². The molecule has 0 N–H and O–H groups in total. The van der Waals surface area contributed by atoms with Gasteiger partial charge in [-0.25, -0.2) is 13.8 Å². The second kappa shape index (κ2) is 6.99. The lowest BCUT2D eigenvalue weighted by molar-refractivity contribution is -0.142. The lowest BCUT2D eigenvalue weighted by Gasteiger charge is -2.10. The van der Waals surface area contributed by atoms with Crippen LogP contribution in [0.3, 0.4) is 0 Å². The first-order valence-corrected chi connectivity index (χ1v) is 6.50. The molecule has 1 heterocycles. The summed E-state index contributed by atoms with van der Waals surface area (Å²) in [5.41, 5.74) is 0.245. The van der Waals surface area contributed by atoms with E-state index in [1.807, 2.05) is 0 Å². The molecule has 100 valence electrons. The molecule has 7 heteroatoms. The molecule has 0 saturated heterocycles. The summed E-state index contributed by atoms with van der Waals surface area (Å²) in [6, 6.07) is 1.18. The van der Waals surface area contributed by atoms with Crippen molar-refractivity contribution in [2.75, 3.05) is 6.61 Å². The molecule has 3 nitrogen and oxygen atoms in total. The van der Waals surface area contributed by atoms with E-state index < -0.39 is 12.4 Å². The highest BCUT2D eigenvalue weighted by molar-refractivity contribution is 9.10. The number of carbonyl (C=O) groups excluding carboxylic acids is 1. The smallest absolute Gasteiger partial charge is 0.311 e. The quantitative estimate of drug-likeness (QED) is 0.466. The maximum absolute atomic E-state index is 12.8. The van der Waals surface area contributed by atoms with E-state index in [-0.39, 0.29) is 40.3 Å². The van der Waals surface area contributed by atoms with Crippen LogP contribution in [0, 0.1) is 0 Å². The predicted octanol–water partition coefficient (Wildman–Crippen LogP) is 3.63. The third kappa shape index (κ3) is 3.88. The van der Waals surface area contributed by atoms with Crippen molar-refractivity contribution in [1.82, 2.24) is 4.98 Å². The minimum Gasteiger partial charge on any atom is -0.466 e. The van der Waals surface area contributed by atoms with Gasteiger partial charge in [0.05, 0.1) is 24.6 Å². The normalized spacial score (nSPS) is 10.8. The van der Waals surface area contributed by atoms with Gasteiger partial charge in [-0.3, -0.25) is 4.79 Å². The van der Waals surface area contributed by atoms with Crippen molar-refractivity contribution in [2.45, 2.75) is 25.7 Å². The van der Waals surface area contributed by atoms with Crippen LogP contribution in [0.4, 0.5) is 8.78 Å². The van der Waals surface area contributed by atoms with Crippen molar-refractivity contribution in [1.29, 1.82) is 0 Å². The zero-order valence-corrected chi connectivity index (χ0v) is 11.9. The number of alkyl halides is 3. The minimum absolute atomic E-state index is 0.0764. The van der Waals surface area contributed by atoms with Crippen molar-refractivity contribution in [2.24, 2.45) is 0 Å². The molecule has 1 rings (SSSR count). The largest absolute Gasteiger partial charge is 0.466 e. The number of esters is 1. The Morgan fingerprint density at radius 1 is 1.61 bits per heavy atom. The summed E-state index contributed by atoms with van der Waals surface area (Å²) in [6.07, 6.45) is -2.81. The van der Waals surface area contributed by atoms with E-state index in [0.717, 1.165) is 0 Å². The molecule has 0 amide bonds. The highest BCUT2D eigenvalue weighted by Gasteiger charge is 2.18. The van der Waals surface area contributed by atoms with Gasteiger partial charge in [0, 0.05) is 11.1 Å². The lowest BCUT2D eigenvalue weighted by atomic mass is 10.1. The highest BCUT2D eigenvalue weighted by Crippen LogP contribution is 2.29. The van der Waals surface area contributed by atoms with Crippen molar-refractivity contribution < 1.29 is 18.3 Å². The summed E-state index contributed by atoms with van der Waals surface area (Å²) in [4.78, 5) is 15.3. The number of aromatic nitrogens is 1. The molecule has 0 aliphatic rings. The molecular weight excluding hydrogens is 331 g/mol. The lowest BCUT2D eigenvalue weighted by Crippen LogP contribution is -2.10. The van der Waals surface area contributed by atoms with Crippen LogP contribution in [0.5, 0.6) is 0 Å². The Balaban J connectivity index is 3.05. The van der Waals surface area contributed by atoms with Gasteiger partial charge < -0.3 is 4.74 Å². The fourth-order valence-corrected chi connectivity index (χ4v) is 2.43. The molecule has 0 aliphatic heterocycles. The summed E-state index contributed by atoms with van der Waals surface area (Å²) in [5.74, 6) is -0.580. The van der Waals surface area contributed by atoms with E-state index in [0.29, 0.717) is 0 Å². The van der Waals surface area contributed by atoms with Gasteiger partial charge >= 0.3 is 5.97 Å². The van der Waals surface area contributed by atoms with Gasteiger partial charge in [0.25, 0.3) is 6.43 Å². The van der Waals surface area contributed by atoms with Crippen molar-refractivity contribution >= 4 is 33.5 Å². The fourth-order valence-electron chi connectivity index (χ4n) is 1.39. The number of pyridine rings is 1. The number of rotatable bonds is 5. The van der Waals surface area contributed by atoms with Crippen LogP contribution in [-0.2, 0) is 21.8 Å². The van der Waals surface area contributed by atoms with Gasteiger partial charge in [0.15, 0.2) is 0 Å². The van der Waals surface area contributed by atoms with Crippen LogP contribution in [0.1, 0.15) is 30.2 Å². The summed E-state index contributed by atoms with van der Waals surface area (Å²) in [7, 11) is 0. The van der Waals surface area contributed by atoms with Crippen molar-refractivity contribution in [3.8, 4) is 0 Å². The fraction of sp³-hybridized carbons (Fsp3) is 0.455. The molecule has 0 saturated carbocycles. The molecule has 0 radical (unpaired) electrons. The van der Waals surface area contributed by atoms with E-state index in [4.69, 9.17) is 16.3 Å². The van der Waals surface area contributed by atoms with Crippen LogP contribution in [0.25, 0.3) is 0 Å². The summed E-state index contributed by atoms with van der Waals surface area (Å²) in [6.45, 7) is 1.91. The van der Waals surface area contributed by atoms with Crippen LogP contribution in [0.15, 0.2) is 10.7 Å². The Bertz CT molecular complexity index is 443. The number of ether oxygens (including phenoxy) is 1. The van der Waals surface area contributed by atoms with Gasteiger partial charge in [-0.15, -0.1) is 11.6 Å². The van der Waals surface area contributed by atoms with Gasteiger partial charge in [-0.2, -0.15) is 0 Å². The average molecular weight is 343 g/mol. The van der Waals surface area contributed by atoms with Crippen LogP contribution in [-0.4, -0.2) is 17.6 Å². The SMILES string of the molecule is CCOC(=O)Cc1cc(C(F)F)c(CCl)c(Br)n1. The Hall–Kier alpha value is -0.750. The third-order valence-corrected chi connectivity index (χ3v) is 3.08. The van der Waals surface area contributed by atoms with Gasteiger partial charge in [0.2, 0.25) is 0 Å². The summed E-state index contributed by atoms with van der Waals surface area (Å²) >= 11 is 8.67. The predicted molar refractivity (Wildman–Crippen MR) is 66.8 cm³/mol. The minimum atomic E-state index is -2.67. The molecule has 0 aliphatic carbocycles. The third-order valence-electron chi connectivity index (χ3n) is 2.16. The van der Waals surface area contributed by atoms with Gasteiger partial charge in [0.1, 0.15) is 4.60 Å². The molecule has 1 aromatic rings. The average Bonchev–Trinajstić information content (AvgIpc) is 2.28. The Morgan fingerprint density at radius 3 is 2.78 bits per heavy atom. The van der Waals surface area contributed by atoms with Crippen LogP contribution >= 0.6 is 27.5 Å². The molecule has 0 fully saturated rings. The molecule has 18 heavy (non-hydrogen) atoms. The summed E-state index contributed by atoms with van der Waals surface area (Å²) < 4.78 is 30.6. The first-order chi connectivity index (χ1) is 8.49. The molecule has 0 unspecified atom stereocenters. The number of hydrogen-bond acceptors (Lipinski definition) is 3. The Morgan fingerprint density at radius 2 is 2.28 bits per heavy atom. The second-order valence-electron chi connectivity index (χ2n) is 3.39. The zero-order chi connectivity index (χ0) is 13.7. The molecule has 1 aromatic heterocycles. The molecule has 0 bridgehead atoms. The van der Waals surface area contributed by atoms with Gasteiger partial charge in [-0.05, 0) is 28.9 Å². The first kappa shape index (κ1) is 15.3. The van der Waals surface area contributed by atoms with E-state index in [2.05, 4.69) is 20.9 Å². The molecule has 0 spiro atoms. The molecule has 0 aromatic carbocycles. The first-order valence-electron chi connectivity index (χ1n) is 5.17. The number of carbonyl (C=O) groups is 1. The maximum atomic E-state index is 12.8. The number of nitrogens with zero attached hydrogens (tertiary/aromatic N) is 1. The standard InChI is InChI=1S/C11H11BrClF2NO2/c1-2-18-9(17)4-6-3-7(11(14)15)8(5-13)10(12)16-6/h3,11H,2,4-5H2,1H3. The van der Waals surface area contributed by atoms with Gasteiger partial charge in [-0.1, -0.05) is 0 Å².